The van der Waals surface area contributed by atoms with E-state index in [9.17, 15) is 4.79 Å². The summed E-state index contributed by atoms with van der Waals surface area (Å²) in [7, 11) is 3.45. The molecule has 2 aromatic heterocycles. The molecule has 0 N–H and O–H groups in total. The molecule has 3 heterocycles. The van der Waals surface area contributed by atoms with Crippen molar-refractivity contribution in [1.29, 1.82) is 0 Å². The number of aryl methyl sites for hydroxylation is 1. The van der Waals surface area contributed by atoms with Gasteiger partial charge < -0.3 is 9.64 Å². The lowest BCUT2D eigenvalue weighted by Gasteiger charge is -2.16. The van der Waals surface area contributed by atoms with Crippen LogP contribution in [0.4, 0.5) is 0 Å². The summed E-state index contributed by atoms with van der Waals surface area (Å²) < 4.78 is 8.96. The van der Waals surface area contributed by atoms with E-state index in [1.807, 2.05) is 47.1 Å². The first kappa shape index (κ1) is 14.7. The average molecular weight is 325 g/mol. The van der Waals surface area contributed by atoms with E-state index in [0.29, 0.717) is 18.0 Å². The molecule has 1 amide bonds. The predicted octanol–water partition coefficient (Wildman–Crippen LogP) is 1.87. The highest BCUT2D eigenvalue weighted by Gasteiger charge is 2.28. The van der Waals surface area contributed by atoms with Gasteiger partial charge in [0, 0.05) is 38.1 Å². The van der Waals surface area contributed by atoms with Crippen molar-refractivity contribution in [1.82, 2.24) is 24.5 Å². The Morgan fingerprint density at radius 2 is 2.25 bits per heavy atom. The Morgan fingerprint density at radius 3 is 3.00 bits per heavy atom. The molecule has 124 valence electrons. The number of carbonyl (C=O) groups is 1. The molecular weight excluding hydrogens is 306 g/mol. The van der Waals surface area contributed by atoms with Crippen molar-refractivity contribution in [3.05, 3.63) is 42.2 Å². The fourth-order valence-electron chi connectivity index (χ4n) is 3.37. The molecule has 1 fully saturated rings. The molecule has 0 aliphatic carbocycles. The number of methoxy groups -OCH3 is 1. The summed E-state index contributed by atoms with van der Waals surface area (Å²) in [5.41, 5.74) is 1.42. The molecule has 0 radical (unpaired) electrons. The van der Waals surface area contributed by atoms with E-state index in [4.69, 9.17) is 4.74 Å². The van der Waals surface area contributed by atoms with E-state index >= 15 is 0 Å². The Kier molecular flexibility index (Phi) is 3.48. The van der Waals surface area contributed by atoms with Crippen LogP contribution >= 0.6 is 0 Å². The van der Waals surface area contributed by atoms with Crippen molar-refractivity contribution in [2.75, 3.05) is 20.2 Å². The molecular formula is C17H19N5O2. The highest BCUT2D eigenvalue weighted by atomic mass is 16.5. The number of ether oxygens (including phenoxy) is 1. The van der Waals surface area contributed by atoms with Gasteiger partial charge in [-0.05, 0) is 30.7 Å². The molecule has 0 spiro atoms. The molecule has 1 aromatic carbocycles. The Balaban J connectivity index is 1.57. The second kappa shape index (κ2) is 5.67. The number of amides is 1. The van der Waals surface area contributed by atoms with Crippen molar-refractivity contribution in [3.63, 3.8) is 0 Å². The van der Waals surface area contributed by atoms with Crippen LogP contribution in [0.15, 0.2) is 36.7 Å². The standard InChI is InChI=1S/C17H19N5O2/c1-20-17(24-2)14-5-4-12(10-15(14)19-20)16(23)21-9-6-13(11-21)22-8-3-7-18-22/h3-5,7-8,10,13H,6,9,11H2,1-2H3. The van der Waals surface area contributed by atoms with Gasteiger partial charge in [-0.15, -0.1) is 0 Å². The van der Waals surface area contributed by atoms with Crippen LogP contribution in [-0.4, -0.2) is 50.6 Å². The summed E-state index contributed by atoms with van der Waals surface area (Å²) in [5, 5.41) is 9.61. The molecule has 1 atom stereocenters. The number of fused-ring (bicyclic) bond motifs is 1. The molecule has 0 saturated carbocycles. The summed E-state index contributed by atoms with van der Waals surface area (Å²) in [5.74, 6) is 0.736. The lowest BCUT2D eigenvalue weighted by atomic mass is 10.1. The maximum absolute atomic E-state index is 12.8. The molecule has 1 aliphatic rings. The Bertz CT molecular complexity index is 884. The van der Waals surface area contributed by atoms with E-state index in [0.717, 1.165) is 23.9 Å². The maximum atomic E-state index is 12.8. The van der Waals surface area contributed by atoms with E-state index in [2.05, 4.69) is 10.2 Å². The highest BCUT2D eigenvalue weighted by molar-refractivity contribution is 5.98. The van der Waals surface area contributed by atoms with E-state index in [-0.39, 0.29) is 11.9 Å². The zero-order valence-corrected chi connectivity index (χ0v) is 13.7. The number of rotatable bonds is 3. The minimum atomic E-state index is 0.0381. The van der Waals surface area contributed by atoms with Gasteiger partial charge in [-0.3, -0.25) is 9.48 Å². The minimum absolute atomic E-state index is 0.0381. The first-order valence-corrected chi connectivity index (χ1v) is 7.96. The molecule has 7 heteroatoms. The Morgan fingerprint density at radius 1 is 1.38 bits per heavy atom. The summed E-state index contributed by atoms with van der Waals surface area (Å²) in [6.45, 7) is 1.43. The van der Waals surface area contributed by atoms with Gasteiger partial charge in [0.15, 0.2) is 0 Å². The van der Waals surface area contributed by atoms with Crippen molar-refractivity contribution in [3.8, 4) is 5.88 Å². The number of hydrogen-bond donors (Lipinski definition) is 0. The molecule has 24 heavy (non-hydrogen) atoms. The normalized spacial score (nSPS) is 17.6. The van der Waals surface area contributed by atoms with Gasteiger partial charge in [0.2, 0.25) is 5.88 Å². The zero-order valence-electron chi connectivity index (χ0n) is 13.7. The summed E-state index contributed by atoms with van der Waals surface area (Å²) in [4.78, 5) is 14.7. The van der Waals surface area contributed by atoms with Gasteiger partial charge in [-0.2, -0.15) is 10.2 Å². The van der Waals surface area contributed by atoms with Gasteiger partial charge in [-0.25, -0.2) is 4.68 Å². The molecule has 0 bridgehead atoms. The van der Waals surface area contributed by atoms with Crippen LogP contribution in [0.3, 0.4) is 0 Å². The molecule has 1 aliphatic heterocycles. The maximum Gasteiger partial charge on any atom is 0.254 e. The van der Waals surface area contributed by atoms with Crippen LogP contribution in [0, 0.1) is 0 Å². The number of likely N-dealkylation sites (tertiary alicyclic amines) is 1. The number of carbonyl (C=O) groups excluding carboxylic acids is 1. The average Bonchev–Trinajstić information content (AvgIpc) is 3.31. The summed E-state index contributed by atoms with van der Waals surface area (Å²) in [6.07, 6.45) is 4.64. The van der Waals surface area contributed by atoms with E-state index in [1.165, 1.54) is 0 Å². The smallest absolute Gasteiger partial charge is 0.254 e. The van der Waals surface area contributed by atoms with Gasteiger partial charge in [0.05, 0.1) is 24.1 Å². The Hall–Kier alpha value is -2.83. The van der Waals surface area contributed by atoms with Crippen molar-refractivity contribution < 1.29 is 9.53 Å². The van der Waals surface area contributed by atoms with Gasteiger partial charge >= 0.3 is 0 Å². The topological polar surface area (TPSA) is 65.2 Å². The van der Waals surface area contributed by atoms with Crippen molar-refractivity contribution in [2.24, 2.45) is 7.05 Å². The number of benzene rings is 1. The number of aromatic nitrogens is 4. The van der Waals surface area contributed by atoms with Crippen LogP contribution < -0.4 is 4.74 Å². The van der Waals surface area contributed by atoms with Gasteiger partial charge in [0.1, 0.15) is 0 Å². The quantitative estimate of drug-likeness (QED) is 0.737. The van der Waals surface area contributed by atoms with Crippen molar-refractivity contribution >= 4 is 16.8 Å². The van der Waals surface area contributed by atoms with Crippen LogP contribution in [0.1, 0.15) is 22.8 Å². The molecule has 4 rings (SSSR count). The third-order valence-electron chi connectivity index (χ3n) is 4.57. The van der Waals surface area contributed by atoms with Crippen LogP contribution in [0.25, 0.3) is 10.9 Å². The third-order valence-corrected chi connectivity index (χ3v) is 4.57. The van der Waals surface area contributed by atoms with E-state index in [1.54, 1.807) is 18.0 Å². The second-order valence-corrected chi connectivity index (χ2v) is 6.04. The monoisotopic (exact) mass is 325 g/mol. The highest BCUT2D eigenvalue weighted by Crippen LogP contribution is 2.27. The third kappa shape index (κ3) is 2.33. The second-order valence-electron chi connectivity index (χ2n) is 6.04. The fourth-order valence-corrected chi connectivity index (χ4v) is 3.37. The van der Waals surface area contributed by atoms with Crippen LogP contribution in [0.2, 0.25) is 0 Å². The molecule has 1 saturated heterocycles. The number of nitrogens with zero attached hydrogens (tertiary/aromatic N) is 5. The predicted molar refractivity (Wildman–Crippen MR) is 89.1 cm³/mol. The fraction of sp³-hybridized carbons (Fsp3) is 0.353. The largest absolute Gasteiger partial charge is 0.481 e. The first-order chi connectivity index (χ1) is 11.7. The zero-order chi connectivity index (χ0) is 16.7. The first-order valence-electron chi connectivity index (χ1n) is 7.96. The lowest BCUT2D eigenvalue weighted by molar-refractivity contribution is 0.0787. The van der Waals surface area contributed by atoms with Crippen LogP contribution in [-0.2, 0) is 7.05 Å². The van der Waals surface area contributed by atoms with Crippen molar-refractivity contribution in [2.45, 2.75) is 12.5 Å². The minimum Gasteiger partial charge on any atom is -0.481 e. The van der Waals surface area contributed by atoms with Gasteiger partial charge in [0.25, 0.3) is 5.91 Å². The molecule has 3 aromatic rings. The van der Waals surface area contributed by atoms with E-state index < -0.39 is 0 Å². The lowest BCUT2D eigenvalue weighted by Crippen LogP contribution is -2.29. The summed E-state index contributed by atoms with van der Waals surface area (Å²) in [6, 6.07) is 7.74. The summed E-state index contributed by atoms with van der Waals surface area (Å²) >= 11 is 0. The van der Waals surface area contributed by atoms with Crippen LogP contribution in [0.5, 0.6) is 5.88 Å². The molecule has 1 unspecified atom stereocenters. The van der Waals surface area contributed by atoms with Gasteiger partial charge in [-0.1, -0.05) is 0 Å². The Labute approximate surface area is 139 Å². The molecule has 7 nitrogen and oxygen atoms in total. The SMILES string of the molecule is COc1c2ccc(C(=O)N3CCC(n4cccn4)C3)cc2nn1C. The number of hydrogen-bond acceptors (Lipinski definition) is 4.